The summed E-state index contributed by atoms with van der Waals surface area (Å²) in [6, 6.07) is 7.40. The van der Waals surface area contributed by atoms with E-state index in [1.807, 2.05) is 6.07 Å². The minimum absolute atomic E-state index is 0.0673. The molecule has 0 N–H and O–H groups in total. The predicted octanol–water partition coefficient (Wildman–Crippen LogP) is 3.65. The highest BCUT2D eigenvalue weighted by Crippen LogP contribution is 2.43. The largest absolute Gasteiger partial charge is 0.486 e. The van der Waals surface area contributed by atoms with E-state index >= 15 is 0 Å². The molecule has 0 aromatic heterocycles. The number of thioether (sulfide) groups is 1. The monoisotopic (exact) mass is 381 g/mol. The van der Waals surface area contributed by atoms with Crippen LogP contribution in [0.2, 0.25) is 0 Å². The van der Waals surface area contributed by atoms with Crippen LogP contribution in [0.4, 0.5) is 13.2 Å². The van der Waals surface area contributed by atoms with Crippen LogP contribution < -0.4 is 9.47 Å². The van der Waals surface area contributed by atoms with Gasteiger partial charge in [-0.15, -0.1) is 11.8 Å². The van der Waals surface area contributed by atoms with Crippen LogP contribution in [0.5, 0.6) is 11.5 Å². The third-order valence-electron chi connectivity index (χ3n) is 4.28. The van der Waals surface area contributed by atoms with Crippen LogP contribution in [0.15, 0.2) is 30.3 Å². The highest BCUT2D eigenvalue weighted by atomic mass is 32.2. The Kier molecular flexibility index (Phi) is 4.44. The lowest BCUT2D eigenvalue weighted by Crippen LogP contribution is -2.28. The first-order valence-electron chi connectivity index (χ1n) is 7.97. The quantitative estimate of drug-likeness (QED) is 0.761. The molecule has 4 nitrogen and oxygen atoms in total. The van der Waals surface area contributed by atoms with Crippen molar-refractivity contribution in [2.75, 3.05) is 19.0 Å². The normalized spacial score (nSPS) is 19.1. The molecule has 0 saturated carbocycles. The molecule has 1 atom stereocenters. The van der Waals surface area contributed by atoms with Crippen LogP contribution in [0.25, 0.3) is 0 Å². The molecule has 1 saturated heterocycles. The number of nitrogens with zero attached hydrogens (tertiary/aromatic N) is 1. The zero-order chi connectivity index (χ0) is 18.3. The van der Waals surface area contributed by atoms with Crippen LogP contribution in [-0.2, 0) is 11.3 Å². The number of carbonyl (C=O) groups is 1. The van der Waals surface area contributed by atoms with Gasteiger partial charge in [0, 0.05) is 5.56 Å². The maximum atomic E-state index is 14.0. The fourth-order valence-corrected chi connectivity index (χ4v) is 4.16. The van der Waals surface area contributed by atoms with E-state index in [9.17, 15) is 18.0 Å². The molecule has 0 aliphatic carbocycles. The lowest BCUT2D eigenvalue weighted by molar-refractivity contribution is -0.128. The number of fused-ring (bicyclic) bond motifs is 1. The molecule has 2 heterocycles. The van der Waals surface area contributed by atoms with Gasteiger partial charge >= 0.3 is 0 Å². The molecule has 1 amide bonds. The molecule has 2 aliphatic rings. The summed E-state index contributed by atoms with van der Waals surface area (Å²) in [4.78, 5) is 13.7. The number of halogens is 3. The SMILES string of the molecule is O=C1CSC(c2ccc3c(c2)OCCO3)N1Cc1ccc(F)c(F)c1F. The average Bonchev–Trinajstić information content (AvgIpc) is 3.02. The molecular formula is C18H14F3NO3S. The molecule has 0 bridgehead atoms. The van der Waals surface area contributed by atoms with Crippen LogP contribution in [0.3, 0.4) is 0 Å². The Morgan fingerprint density at radius 2 is 1.81 bits per heavy atom. The molecule has 2 aromatic rings. The topological polar surface area (TPSA) is 38.8 Å². The molecule has 1 unspecified atom stereocenters. The Balaban J connectivity index is 1.63. The molecule has 4 rings (SSSR count). The molecule has 2 aliphatic heterocycles. The van der Waals surface area contributed by atoms with E-state index in [0.717, 1.165) is 17.7 Å². The van der Waals surface area contributed by atoms with Crippen molar-refractivity contribution in [3.05, 3.63) is 58.9 Å². The van der Waals surface area contributed by atoms with Crippen LogP contribution in [0, 0.1) is 17.5 Å². The fourth-order valence-electron chi connectivity index (χ4n) is 2.99. The van der Waals surface area contributed by atoms with Crippen LogP contribution >= 0.6 is 11.8 Å². The van der Waals surface area contributed by atoms with Crippen LogP contribution in [-0.4, -0.2) is 29.8 Å². The van der Waals surface area contributed by atoms with Crippen molar-refractivity contribution in [3.8, 4) is 11.5 Å². The molecule has 8 heteroatoms. The molecule has 0 radical (unpaired) electrons. The average molecular weight is 381 g/mol. The van der Waals surface area contributed by atoms with Gasteiger partial charge in [0.2, 0.25) is 5.91 Å². The fraction of sp³-hybridized carbons (Fsp3) is 0.278. The standard InChI is InChI=1S/C18H14F3NO3S/c19-12-3-1-11(16(20)17(12)21)8-22-15(23)9-26-18(22)10-2-4-13-14(7-10)25-6-5-24-13/h1-4,7,18H,5-6,8-9H2. The third kappa shape index (κ3) is 2.98. The van der Waals surface area contributed by atoms with Crippen molar-refractivity contribution in [2.45, 2.75) is 11.9 Å². The van der Waals surface area contributed by atoms with Crippen molar-refractivity contribution in [1.82, 2.24) is 4.90 Å². The Morgan fingerprint density at radius 1 is 1.04 bits per heavy atom. The van der Waals surface area contributed by atoms with Gasteiger partial charge in [-0.25, -0.2) is 13.2 Å². The number of ether oxygens (including phenoxy) is 2. The highest BCUT2D eigenvalue weighted by molar-refractivity contribution is 8.00. The molecular weight excluding hydrogens is 367 g/mol. The maximum absolute atomic E-state index is 14.0. The minimum Gasteiger partial charge on any atom is -0.486 e. The number of benzene rings is 2. The van der Waals surface area contributed by atoms with Gasteiger partial charge in [-0.3, -0.25) is 4.79 Å². The van der Waals surface area contributed by atoms with Crippen molar-refractivity contribution in [1.29, 1.82) is 0 Å². The van der Waals surface area contributed by atoms with E-state index in [2.05, 4.69) is 0 Å². The van der Waals surface area contributed by atoms with Gasteiger partial charge in [0.25, 0.3) is 0 Å². The summed E-state index contributed by atoms with van der Waals surface area (Å²) in [5.74, 6) is -2.80. The smallest absolute Gasteiger partial charge is 0.234 e. The van der Waals surface area contributed by atoms with Gasteiger partial charge in [-0.05, 0) is 23.8 Å². The third-order valence-corrected chi connectivity index (χ3v) is 5.53. The summed E-state index contributed by atoms with van der Waals surface area (Å²) in [7, 11) is 0. The zero-order valence-electron chi connectivity index (χ0n) is 13.5. The lowest BCUT2D eigenvalue weighted by atomic mass is 10.1. The number of hydrogen-bond acceptors (Lipinski definition) is 4. The summed E-state index contributed by atoms with van der Waals surface area (Å²) in [6.45, 7) is 0.773. The van der Waals surface area contributed by atoms with Crippen molar-refractivity contribution >= 4 is 17.7 Å². The number of rotatable bonds is 3. The van der Waals surface area contributed by atoms with Gasteiger partial charge in [-0.2, -0.15) is 0 Å². The number of amides is 1. The van der Waals surface area contributed by atoms with E-state index in [4.69, 9.17) is 9.47 Å². The second kappa shape index (κ2) is 6.75. The first-order chi connectivity index (χ1) is 12.5. The van der Waals surface area contributed by atoms with Gasteiger partial charge in [0.15, 0.2) is 29.0 Å². The van der Waals surface area contributed by atoms with Crippen LogP contribution in [0.1, 0.15) is 16.5 Å². The minimum atomic E-state index is -1.53. The van der Waals surface area contributed by atoms with Gasteiger partial charge < -0.3 is 14.4 Å². The van der Waals surface area contributed by atoms with E-state index in [1.165, 1.54) is 16.7 Å². The summed E-state index contributed by atoms with van der Waals surface area (Å²) < 4.78 is 51.7. The summed E-state index contributed by atoms with van der Waals surface area (Å²) in [6.07, 6.45) is 0. The molecule has 26 heavy (non-hydrogen) atoms. The predicted molar refractivity (Wildman–Crippen MR) is 89.5 cm³/mol. The number of carbonyl (C=O) groups excluding carboxylic acids is 1. The van der Waals surface area contributed by atoms with Gasteiger partial charge in [0.05, 0.1) is 12.3 Å². The van der Waals surface area contributed by atoms with Crippen molar-refractivity contribution in [2.24, 2.45) is 0 Å². The maximum Gasteiger partial charge on any atom is 0.234 e. The Bertz CT molecular complexity index is 877. The summed E-state index contributed by atoms with van der Waals surface area (Å²) in [5.41, 5.74) is 0.732. The zero-order valence-corrected chi connectivity index (χ0v) is 14.3. The molecule has 0 spiro atoms. The van der Waals surface area contributed by atoms with Gasteiger partial charge in [-0.1, -0.05) is 12.1 Å². The first kappa shape index (κ1) is 17.1. The second-order valence-corrected chi connectivity index (χ2v) is 6.99. The molecule has 2 aromatic carbocycles. The highest BCUT2D eigenvalue weighted by Gasteiger charge is 2.34. The molecule has 1 fully saturated rings. The van der Waals surface area contributed by atoms with E-state index in [-0.39, 0.29) is 29.1 Å². The van der Waals surface area contributed by atoms with Crippen molar-refractivity contribution < 1.29 is 27.4 Å². The Labute approximate surface area is 151 Å². The summed E-state index contributed by atoms with van der Waals surface area (Å²) in [5, 5.41) is -0.370. The van der Waals surface area contributed by atoms with Gasteiger partial charge in [0.1, 0.15) is 18.6 Å². The van der Waals surface area contributed by atoms with Crippen molar-refractivity contribution in [3.63, 3.8) is 0 Å². The second-order valence-electron chi connectivity index (χ2n) is 5.92. The lowest BCUT2D eigenvalue weighted by Gasteiger charge is -2.26. The Morgan fingerprint density at radius 3 is 2.62 bits per heavy atom. The first-order valence-corrected chi connectivity index (χ1v) is 9.02. The van der Waals surface area contributed by atoms with E-state index < -0.39 is 17.5 Å². The molecule has 136 valence electrons. The Hall–Kier alpha value is -2.35. The number of hydrogen-bond donors (Lipinski definition) is 0. The van der Waals surface area contributed by atoms with E-state index in [0.29, 0.717) is 24.7 Å². The summed E-state index contributed by atoms with van der Waals surface area (Å²) >= 11 is 1.38. The van der Waals surface area contributed by atoms with E-state index in [1.54, 1.807) is 12.1 Å².